The van der Waals surface area contributed by atoms with Gasteiger partial charge in [-0.05, 0) is 45.0 Å². The summed E-state index contributed by atoms with van der Waals surface area (Å²) in [5, 5.41) is 2.59. The third-order valence-electron chi connectivity index (χ3n) is 3.24. The molecule has 2 N–H and O–H groups in total. The highest BCUT2D eigenvalue weighted by atomic mass is 32.2. The van der Waals surface area contributed by atoms with Crippen LogP contribution >= 0.6 is 0 Å². The van der Waals surface area contributed by atoms with Crippen LogP contribution in [0.1, 0.15) is 36.7 Å². The summed E-state index contributed by atoms with van der Waals surface area (Å²) in [4.78, 5) is 12.2. The summed E-state index contributed by atoms with van der Waals surface area (Å²) in [6, 6.07) is 11.8. The largest absolute Gasteiger partial charge is 0.348 e. The van der Waals surface area contributed by atoms with E-state index in [4.69, 9.17) is 0 Å². The maximum absolute atomic E-state index is 13.6. The van der Waals surface area contributed by atoms with Gasteiger partial charge in [-0.2, -0.15) is 0 Å². The van der Waals surface area contributed by atoms with Crippen molar-refractivity contribution in [3.63, 3.8) is 0 Å². The molecule has 0 saturated heterocycles. The lowest BCUT2D eigenvalue weighted by Crippen LogP contribution is -2.40. The summed E-state index contributed by atoms with van der Waals surface area (Å²) in [6.07, 6.45) is 0. The number of hydrogen-bond donors (Lipinski definition) is 2. The summed E-state index contributed by atoms with van der Waals surface area (Å²) in [5.41, 5.74) is -0.0933. The lowest BCUT2D eigenvalue weighted by molar-refractivity contribution is 0.0950. The van der Waals surface area contributed by atoms with Crippen LogP contribution in [0.15, 0.2) is 53.4 Å². The predicted octanol–water partition coefficient (Wildman–Crippen LogP) is 2.83. The maximum Gasteiger partial charge on any atom is 0.251 e. The first kappa shape index (κ1) is 19.1. The zero-order valence-corrected chi connectivity index (χ0v) is 15.2. The van der Waals surface area contributed by atoms with Crippen molar-refractivity contribution in [1.82, 2.24) is 10.0 Å². The number of sulfonamides is 1. The lowest BCUT2D eigenvalue weighted by atomic mass is 10.1. The number of nitrogens with one attached hydrogen (secondary N) is 2. The van der Waals surface area contributed by atoms with Crippen LogP contribution in [0.25, 0.3) is 0 Å². The predicted molar refractivity (Wildman–Crippen MR) is 94.1 cm³/mol. The Kier molecular flexibility index (Phi) is 5.59. The maximum atomic E-state index is 13.6. The fraction of sp³-hybridized carbons (Fsp3) is 0.278. The molecular formula is C18H21FN2O3S. The average Bonchev–Trinajstić information content (AvgIpc) is 2.52. The number of hydrogen-bond acceptors (Lipinski definition) is 3. The Hall–Kier alpha value is -2.25. The molecule has 0 unspecified atom stereocenters. The lowest BCUT2D eigenvalue weighted by Gasteiger charge is -2.20. The number of carbonyl (C=O) groups is 1. The van der Waals surface area contributed by atoms with Crippen LogP contribution in [0, 0.1) is 5.82 Å². The molecule has 1 amide bonds. The van der Waals surface area contributed by atoms with E-state index in [0.29, 0.717) is 5.56 Å². The Morgan fingerprint density at radius 2 is 1.76 bits per heavy atom. The second-order valence-electron chi connectivity index (χ2n) is 6.66. The van der Waals surface area contributed by atoms with Gasteiger partial charge in [0.05, 0.1) is 4.90 Å². The minimum absolute atomic E-state index is 0.000895. The molecule has 0 fully saturated rings. The van der Waals surface area contributed by atoms with E-state index in [0.717, 1.165) is 0 Å². The molecule has 25 heavy (non-hydrogen) atoms. The SMILES string of the molecule is CC(C)(C)NS(=O)(=O)c1cccc(C(=O)NCc2ccccc2F)c1. The molecule has 0 heterocycles. The van der Waals surface area contributed by atoms with E-state index in [1.807, 2.05) is 0 Å². The molecule has 0 bridgehead atoms. The summed E-state index contributed by atoms with van der Waals surface area (Å²) in [5.74, 6) is -0.885. The molecule has 0 radical (unpaired) electrons. The van der Waals surface area contributed by atoms with Gasteiger partial charge in [0.25, 0.3) is 5.91 Å². The molecule has 5 nitrogen and oxygen atoms in total. The zero-order chi connectivity index (χ0) is 18.7. The highest BCUT2D eigenvalue weighted by molar-refractivity contribution is 7.89. The minimum Gasteiger partial charge on any atom is -0.348 e. The van der Waals surface area contributed by atoms with E-state index in [-0.39, 0.29) is 17.0 Å². The van der Waals surface area contributed by atoms with Crippen molar-refractivity contribution in [1.29, 1.82) is 0 Å². The van der Waals surface area contributed by atoms with Crippen molar-refractivity contribution in [3.8, 4) is 0 Å². The summed E-state index contributed by atoms with van der Waals surface area (Å²) in [7, 11) is -3.74. The second-order valence-corrected chi connectivity index (χ2v) is 8.34. The van der Waals surface area contributed by atoms with Crippen LogP contribution in [0.4, 0.5) is 4.39 Å². The van der Waals surface area contributed by atoms with Crippen LogP contribution in [0.5, 0.6) is 0 Å². The van der Waals surface area contributed by atoms with Gasteiger partial charge in [0.15, 0.2) is 0 Å². The van der Waals surface area contributed by atoms with Crippen LogP contribution in [0.3, 0.4) is 0 Å². The van der Waals surface area contributed by atoms with Gasteiger partial charge >= 0.3 is 0 Å². The fourth-order valence-electron chi connectivity index (χ4n) is 2.19. The molecule has 134 valence electrons. The standard InChI is InChI=1S/C18H21FN2O3S/c1-18(2,3)21-25(23,24)15-9-6-8-13(11-15)17(22)20-12-14-7-4-5-10-16(14)19/h4-11,21H,12H2,1-3H3,(H,20,22). The average molecular weight is 364 g/mol. The van der Waals surface area contributed by atoms with E-state index in [9.17, 15) is 17.6 Å². The highest BCUT2D eigenvalue weighted by Crippen LogP contribution is 2.15. The van der Waals surface area contributed by atoms with Gasteiger partial charge in [0.1, 0.15) is 5.82 Å². The Bertz CT molecular complexity index is 874. The second kappa shape index (κ2) is 7.33. The molecule has 0 aliphatic rings. The van der Waals surface area contributed by atoms with Crippen molar-refractivity contribution in [3.05, 3.63) is 65.5 Å². The van der Waals surface area contributed by atoms with E-state index < -0.39 is 27.3 Å². The van der Waals surface area contributed by atoms with Crippen molar-refractivity contribution >= 4 is 15.9 Å². The molecule has 2 aromatic rings. The smallest absolute Gasteiger partial charge is 0.251 e. The quantitative estimate of drug-likeness (QED) is 0.857. The molecule has 0 saturated carbocycles. The Balaban J connectivity index is 2.15. The van der Waals surface area contributed by atoms with Gasteiger partial charge in [0.2, 0.25) is 10.0 Å². The molecule has 0 aromatic heterocycles. The number of carbonyl (C=O) groups excluding carboxylic acids is 1. The minimum atomic E-state index is -3.74. The van der Waals surface area contributed by atoms with Crippen LogP contribution < -0.4 is 10.0 Å². The van der Waals surface area contributed by atoms with Crippen molar-refractivity contribution in [2.24, 2.45) is 0 Å². The van der Waals surface area contributed by atoms with E-state index >= 15 is 0 Å². The Morgan fingerprint density at radius 1 is 1.08 bits per heavy atom. The molecule has 2 aromatic carbocycles. The van der Waals surface area contributed by atoms with Crippen molar-refractivity contribution in [2.45, 2.75) is 37.8 Å². The van der Waals surface area contributed by atoms with Crippen molar-refractivity contribution in [2.75, 3.05) is 0 Å². The highest BCUT2D eigenvalue weighted by Gasteiger charge is 2.22. The first-order valence-electron chi connectivity index (χ1n) is 7.74. The normalized spacial score (nSPS) is 12.0. The first-order valence-corrected chi connectivity index (χ1v) is 9.22. The third-order valence-corrected chi connectivity index (χ3v) is 5.00. The topological polar surface area (TPSA) is 75.3 Å². The molecule has 0 aliphatic heterocycles. The van der Waals surface area contributed by atoms with Gasteiger partial charge in [-0.15, -0.1) is 0 Å². The zero-order valence-electron chi connectivity index (χ0n) is 14.3. The van der Waals surface area contributed by atoms with Crippen LogP contribution in [0.2, 0.25) is 0 Å². The monoisotopic (exact) mass is 364 g/mol. The number of benzene rings is 2. The molecule has 7 heteroatoms. The van der Waals surface area contributed by atoms with Gasteiger partial charge in [-0.25, -0.2) is 17.5 Å². The molecular weight excluding hydrogens is 343 g/mol. The summed E-state index contributed by atoms with van der Waals surface area (Å²) < 4.78 is 40.8. The summed E-state index contributed by atoms with van der Waals surface area (Å²) >= 11 is 0. The number of rotatable bonds is 5. The molecule has 0 spiro atoms. The summed E-state index contributed by atoms with van der Waals surface area (Å²) in [6.45, 7) is 5.21. The molecule has 0 aliphatic carbocycles. The van der Waals surface area contributed by atoms with E-state index in [1.54, 1.807) is 39.0 Å². The number of amides is 1. The van der Waals surface area contributed by atoms with Crippen molar-refractivity contribution < 1.29 is 17.6 Å². The Labute approximate surface area is 147 Å². The van der Waals surface area contributed by atoms with E-state index in [1.165, 1.54) is 30.3 Å². The molecule has 0 atom stereocenters. The van der Waals surface area contributed by atoms with Crippen LogP contribution in [-0.2, 0) is 16.6 Å². The number of halogens is 1. The van der Waals surface area contributed by atoms with Gasteiger partial charge in [-0.1, -0.05) is 24.3 Å². The Morgan fingerprint density at radius 3 is 2.40 bits per heavy atom. The van der Waals surface area contributed by atoms with Gasteiger partial charge in [0, 0.05) is 23.2 Å². The van der Waals surface area contributed by atoms with Gasteiger partial charge in [-0.3, -0.25) is 4.79 Å². The molecule has 2 rings (SSSR count). The fourth-order valence-corrected chi connectivity index (χ4v) is 3.65. The van der Waals surface area contributed by atoms with Gasteiger partial charge < -0.3 is 5.32 Å². The van der Waals surface area contributed by atoms with E-state index in [2.05, 4.69) is 10.0 Å². The van der Waals surface area contributed by atoms with Crippen LogP contribution in [-0.4, -0.2) is 19.9 Å². The third kappa shape index (κ3) is 5.37. The first-order chi connectivity index (χ1) is 11.6.